The average Bonchev–Trinajstić information content (AvgIpc) is 3.01. The first-order chi connectivity index (χ1) is 11.2. The highest BCUT2D eigenvalue weighted by Gasteiger charge is 2.23. The molecule has 128 valence electrons. The smallest absolute Gasteiger partial charge is 0.254 e. The average molecular weight is 322 g/mol. The Labute approximate surface area is 136 Å². The molecular weight excluding hydrogens is 296 g/mol. The number of hydrogen-bond donors (Lipinski definition) is 1. The van der Waals surface area contributed by atoms with E-state index in [9.17, 15) is 4.79 Å². The van der Waals surface area contributed by atoms with Crippen molar-refractivity contribution in [2.24, 2.45) is 13.0 Å². The minimum absolute atomic E-state index is 0.0340. The van der Waals surface area contributed by atoms with E-state index in [0.29, 0.717) is 24.7 Å². The molecule has 1 aromatic heterocycles. The molecular formula is C16H26N4O3. The van der Waals surface area contributed by atoms with Gasteiger partial charge in [-0.25, -0.2) is 0 Å². The number of aromatic nitrogens is 2. The van der Waals surface area contributed by atoms with Crippen LogP contribution in [-0.4, -0.2) is 72.7 Å². The van der Waals surface area contributed by atoms with Gasteiger partial charge in [-0.15, -0.1) is 0 Å². The number of amides is 1. The molecule has 2 saturated heterocycles. The molecule has 0 aliphatic carbocycles. The third kappa shape index (κ3) is 4.76. The van der Waals surface area contributed by atoms with Gasteiger partial charge in [-0.1, -0.05) is 0 Å². The van der Waals surface area contributed by atoms with Crippen molar-refractivity contribution in [3.8, 4) is 0 Å². The summed E-state index contributed by atoms with van der Waals surface area (Å²) in [5, 5.41) is 7.05. The van der Waals surface area contributed by atoms with Gasteiger partial charge in [-0.2, -0.15) is 5.10 Å². The number of carbonyl (C=O) groups is 1. The van der Waals surface area contributed by atoms with Crippen LogP contribution < -0.4 is 5.32 Å². The van der Waals surface area contributed by atoms with E-state index in [4.69, 9.17) is 9.47 Å². The van der Waals surface area contributed by atoms with Crippen LogP contribution in [0.2, 0.25) is 0 Å². The SMILES string of the molecule is Cn1cc(C(=O)NCC2CCN(CC3COCCO3)CC2)cn1. The van der Waals surface area contributed by atoms with Crippen LogP contribution in [0.4, 0.5) is 0 Å². The fraction of sp³-hybridized carbons (Fsp3) is 0.750. The van der Waals surface area contributed by atoms with Crippen LogP contribution in [0.15, 0.2) is 12.4 Å². The van der Waals surface area contributed by atoms with Gasteiger partial charge in [0.05, 0.1) is 37.7 Å². The molecule has 1 N–H and O–H groups in total. The largest absolute Gasteiger partial charge is 0.376 e. The van der Waals surface area contributed by atoms with E-state index in [1.54, 1.807) is 17.1 Å². The molecule has 0 radical (unpaired) electrons. The van der Waals surface area contributed by atoms with Gasteiger partial charge in [-0.3, -0.25) is 9.48 Å². The van der Waals surface area contributed by atoms with Crippen LogP contribution in [0.25, 0.3) is 0 Å². The van der Waals surface area contributed by atoms with Crippen molar-refractivity contribution in [3.05, 3.63) is 18.0 Å². The molecule has 1 atom stereocenters. The summed E-state index contributed by atoms with van der Waals surface area (Å²) < 4.78 is 12.8. The van der Waals surface area contributed by atoms with Crippen molar-refractivity contribution in [2.75, 3.05) is 46.0 Å². The molecule has 1 unspecified atom stereocenters. The van der Waals surface area contributed by atoms with Crippen LogP contribution in [0.1, 0.15) is 23.2 Å². The summed E-state index contributed by atoms with van der Waals surface area (Å²) in [6, 6.07) is 0. The maximum atomic E-state index is 12.0. The number of rotatable bonds is 5. The fourth-order valence-electron chi connectivity index (χ4n) is 3.18. The number of carbonyl (C=O) groups excluding carboxylic acids is 1. The Hall–Kier alpha value is -1.44. The van der Waals surface area contributed by atoms with Crippen LogP contribution in [-0.2, 0) is 16.5 Å². The first-order valence-electron chi connectivity index (χ1n) is 8.39. The van der Waals surface area contributed by atoms with Crippen molar-refractivity contribution >= 4 is 5.91 Å². The lowest BCUT2D eigenvalue weighted by Gasteiger charge is -2.35. The zero-order valence-electron chi connectivity index (χ0n) is 13.7. The van der Waals surface area contributed by atoms with E-state index in [2.05, 4.69) is 15.3 Å². The molecule has 7 nitrogen and oxygen atoms in total. The van der Waals surface area contributed by atoms with E-state index in [1.165, 1.54) is 0 Å². The van der Waals surface area contributed by atoms with Crippen molar-refractivity contribution in [1.29, 1.82) is 0 Å². The number of hydrogen-bond acceptors (Lipinski definition) is 5. The van der Waals surface area contributed by atoms with Gasteiger partial charge < -0.3 is 19.7 Å². The van der Waals surface area contributed by atoms with E-state index in [1.807, 2.05) is 7.05 Å². The van der Waals surface area contributed by atoms with Crippen molar-refractivity contribution < 1.29 is 14.3 Å². The molecule has 1 aromatic rings. The molecule has 0 bridgehead atoms. The highest BCUT2D eigenvalue weighted by Crippen LogP contribution is 2.17. The van der Waals surface area contributed by atoms with Crippen molar-refractivity contribution in [2.45, 2.75) is 18.9 Å². The summed E-state index contributed by atoms with van der Waals surface area (Å²) in [5.74, 6) is 0.517. The molecule has 0 aromatic carbocycles. The van der Waals surface area contributed by atoms with Gasteiger partial charge in [-0.05, 0) is 31.8 Å². The van der Waals surface area contributed by atoms with Gasteiger partial charge in [0, 0.05) is 26.3 Å². The second kappa shape index (κ2) is 7.90. The van der Waals surface area contributed by atoms with Crippen molar-refractivity contribution in [1.82, 2.24) is 20.0 Å². The Morgan fingerprint density at radius 1 is 1.39 bits per heavy atom. The highest BCUT2D eigenvalue weighted by molar-refractivity contribution is 5.93. The monoisotopic (exact) mass is 322 g/mol. The first kappa shape index (κ1) is 16.4. The normalized spacial score (nSPS) is 23.8. The maximum absolute atomic E-state index is 12.0. The Morgan fingerprint density at radius 3 is 2.87 bits per heavy atom. The Kier molecular flexibility index (Phi) is 5.64. The first-order valence-corrected chi connectivity index (χ1v) is 8.39. The van der Waals surface area contributed by atoms with Crippen LogP contribution in [0.5, 0.6) is 0 Å². The zero-order valence-corrected chi connectivity index (χ0v) is 13.7. The summed E-state index contributed by atoms with van der Waals surface area (Å²) in [4.78, 5) is 14.5. The minimum atomic E-state index is -0.0340. The topological polar surface area (TPSA) is 68.6 Å². The lowest BCUT2D eigenvalue weighted by molar-refractivity contribution is -0.0992. The number of ether oxygens (including phenoxy) is 2. The number of nitrogens with zero attached hydrogens (tertiary/aromatic N) is 3. The lowest BCUT2D eigenvalue weighted by Crippen LogP contribution is -2.44. The predicted molar refractivity (Wildman–Crippen MR) is 85.3 cm³/mol. The molecule has 3 heterocycles. The predicted octanol–water partition coefficient (Wildman–Crippen LogP) is 0.277. The summed E-state index contributed by atoms with van der Waals surface area (Å²) in [7, 11) is 1.81. The molecule has 2 fully saturated rings. The van der Waals surface area contributed by atoms with Crippen LogP contribution >= 0.6 is 0 Å². The summed E-state index contributed by atoms with van der Waals surface area (Å²) in [6.45, 7) is 5.96. The third-order valence-corrected chi connectivity index (χ3v) is 4.57. The van der Waals surface area contributed by atoms with E-state index < -0.39 is 0 Å². The molecule has 0 saturated carbocycles. The second-order valence-corrected chi connectivity index (χ2v) is 6.42. The number of likely N-dealkylation sites (tertiary alicyclic amines) is 1. The van der Waals surface area contributed by atoms with Crippen molar-refractivity contribution in [3.63, 3.8) is 0 Å². The van der Waals surface area contributed by atoms with Gasteiger partial charge >= 0.3 is 0 Å². The minimum Gasteiger partial charge on any atom is -0.376 e. The molecule has 0 spiro atoms. The summed E-state index contributed by atoms with van der Waals surface area (Å²) in [5.41, 5.74) is 0.624. The molecule has 3 rings (SSSR count). The third-order valence-electron chi connectivity index (χ3n) is 4.57. The highest BCUT2D eigenvalue weighted by atomic mass is 16.6. The quantitative estimate of drug-likeness (QED) is 0.843. The van der Waals surface area contributed by atoms with Crippen LogP contribution in [0, 0.1) is 5.92 Å². The van der Waals surface area contributed by atoms with E-state index >= 15 is 0 Å². The maximum Gasteiger partial charge on any atom is 0.254 e. The molecule has 2 aliphatic heterocycles. The molecule has 7 heteroatoms. The van der Waals surface area contributed by atoms with Gasteiger partial charge in [0.2, 0.25) is 0 Å². The van der Waals surface area contributed by atoms with Gasteiger partial charge in [0.25, 0.3) is 5.91 Å². The van der Waals surface area contributed by atoms with E-state index in [0.717, 1.165) is 45.6 Å². The lowest BCUT2D eigenvalue weighted by atomic mass is 9.96. The standard InChI is InChI=1S/C16H26N4O3/c1-19-10-14(9-18-19)16(21)17-8-13-2-4-20(5-3-13)11-15-12-22-6-7-23-15/h9-10,13,15H,2-8,11-12H2,1H3,(H,17,21). The number of piperidine rings is 1. The summed E-state index contributed by atoms with van der Waals surface area (Å²) in [6.07, 6.45) is 5.78. The number of nitrogens with one attached hydrogen (secondary N) is 1. The Morgan fingerprint density at radius 2 is 2.22 bits per heavy atom. The Bertz CT molecular complexity index is 505. The molecule has 2 aliphatic rings. The van der Waals surface area contributed by atoms with Crippen LogP contribution in [0.3, 0.4) is 0 Å². The molecule has 1 amide bonds. The Balaban J connectivity index is 1.35. The molecule has 23 heavy (non-hydrogen) atoms. The van der Waals surface area contributed by atoms with E-state index in [-0.39, 0.29) is 12.0 Å². The van der Waals surface area contributed by atoms with Gasteiger partial charge in [0.1, 0.15) is 0 Å². The second-order valence-electron chi connectivity index (χ2n) is 6.42. The zero-order chi connectivity index (χ0) is 16.1. The van der Waals surface area contributed by atoms with Gasteiger partial charge in [0.15, 0.2) is 0 Å². The number of aryl methyl sites for hydroxylation is 1. The summed E-state index contributed by atoms with van der Waals surface area (Å²) >= 11 is 0. The fourth-order valence-corrected chi connectivity index (χ4v) is 3.18.